The molecular weight excluding hydrogens is 378 g/mol. The van der Waals surface area contributed by atoms with E-state index in [4.69, 9.17) is 4.74 Å². The molecule has 1 amide bonds. The first-order valence-corrected chi connectivity index (χ1v) is 9.47. The third-order valence-electron chi connectivity index (χ3n) is 4.73. The smallest absolute Gasteiger partial charge is 0.276 e. The molecule has 0 radical (unpaired) electrons. The van der Waals surface area contributed by atoms with Crippen LogP contribution in [0.1, 0.15) is 16.1 Å². The third-order valence-corrected chi connectivity index (χ3v) is 4.73. The topological polar surface area (TPSA) is 73.1 Å². The minimum atomic E-state index is -0.211. The summed E-state index contributed by atoms with van der Waals surface area (Å²) in [5.41, 5.74) is 3.44. The van der Waals surface area contributed by atoms with Crippen LogP contribution in [0.5, 0.6) is 5.75 Å². The number of aromatic nitrogens is 4. The number of hydrogen-bond donors (Lipinski definition) is 0. The predicted molar refractivity (Wildman–Crippen MR) is 113 cm³/mol. The predicted octanol–water partition coefficient (Wildman–Crippen LogP) is 3.61. The van der Waals surface area contributed by atoms with Crippen molar-refractivity contribution in [2.75, 3.05) is 14.2 Å². The van der Waals surface area contributed by atoms with Gasteiger partial charge in [0.05, 0.1) is 12.8 Å². The lowest BCUT2D eigenvalue weighted by atomic mass is 10.1. The fourth-order valence-electron chi connectivity index (χ4n) is 3.20. The lowest BCUT2D eigenvalue weighted by molar-refractivity contribution is 0.0780. The maximum atomic E-state index is 13.3. The van der Waals surface area contributed by atoms with E-state index in [0.717, 1.165) is 22.6 Å². The number of methoxy groups -OCH3 is 1. The van der Waals surface area contributed by atoms with Crippen molar-refractivity contribution >= 4 is 5.91 Å². The molecular formula is C23H21N5O2. The van der Waals surface area contributed by atoms with Crippen LogP contribution in [-0.2, 0) is 6.54 Å². The van der Waals surface area contributed by atoms with E-state index in [1.807, 2.05) is 66.7 Å². The van der Waals surface area contributed by atoms with E-state index >= 15 is 0 Å². The van der Waals surface area contributed by atoms with Gasteiger partial charge in [-0.3, -0.25) is 9.78 Å². The van der Waals surface area contributed by atoms with Gasteiger partial charge in [0.25, 0.3) is 5.91 Å². The summed E-state index contributed by atoms with van der Waals surface area (Å²) in [5.74, 6) is 0.526. The molecule has 0 unspecified atom stereocenters. The number of carbonyl (C=O) groups excluding carboxylic acids is 1. The largest absolute Gasteiger partial charge is 0.497 e. The van der Waals surface area contributed by atoms with Crippen molar-refractivity contribution in [3.63, 3.8) is 0 Å². The fourth-order valence-corrected chi connectivity index (χ4v) is 3.20. The Morgan fingerprint density at radius 1 is 1.03 bits per heavy atom. The number of amides is 1. The summed E-state index contributed by atoms with van der Waals surface area (Å²) in [6, 6.07) is 21.0. The maximum absolute atomic E-state index is 13.3. The molecule has 4 aromatic rings. The van der Waals surface area contributed by atoms with Gasteiger partial charge in [-0.25, -0.2) is 4.68 Å². The van der Waals surface area contributed by atoms with Gasteiger partial charge in [-0.2, -0.15) is 0 Å². The minimum absolute atomic E-state index is 0.211. The molecule has 2 aromatic heterocycles. The molecule has 2 aromatic carbocycles. The Kier molecular flexibility index (Phi) is 5.52. The van der Waals surface area contributed by atoms with Crippen LogP contribution in [0.25, 0.3) is 16.9 Å². The van der Waals surface area contributed by atoms with Crippen LogP contribution >= 0.6 is 0 Å². The monoisotopic (exact) mass is 399 g/mol. The zero-order valence-corrected chi connectivity index (χ0v) is 16.8. The third kappa shape index (κ3) is 3.91. The second kappa shape index (κ2) is 8.57. The Labute approximate surface area is 174 Å². The average Bonchev–Trinajstić information content (AvgIpc) is 3.25. The SMILES string of the molecule is COc1ccc(-n2nnc(C(=O)N(C)Cc3ccccc3)c2-c2cccnc2)cc1. The molecule has 150 valence electrons. The summed E-state index contributed by atoms with van der Waals surface area (Å²) in [7, 11) is 3.37. The van der Waals surface area contributed by atoms with Crippen LogP contribution in [0.15, 0.2) is 79.1 Å². The summed E-state index contributed by atoms with van der Waals surface area (Å²) in [4.78, 5) is 19.1. The van der Waals surface area contributed by atoms with Gasteiger partial charge in [-0.15, -0.1) is 5.10 Å². The number of rotatable bonds is 6. The number of ether oxygens (including phenoxy) is 1. The van der Waals surface area contributed by atoms with Crippen molar-refractivity contribution in [1.82, 2.24) is 24.9 Å². The Morgan fingerprint density at radius 3 is 2.47 bits per heavy atom. The van der Waals surface area contributed by atoms with E-state index in [1.54, 1.807) is 36.1 Å². The number of pyridine rings is 1. The second-order valence-corrected chi connectivity index (χ2v) is 6.78. The van der Waals surface area contributed by atoms with Crippen LogP contribution < -0.4 is 4.74 Å². The van der Waals surface area contributed by atoms with Crippen molar-refractivity contribution in [1.29, 1.82) is 0 Å². The summed E-state index contributed by atoms with van der Waals surface area (Å²) >= 11 is 0. The number of hydrogen-bond acceptors (Lipinski definition) is 5. The first kappa shape index (κ1) is 19.3. The van der Waals surface area contributed by atoms with Gasteiger partial charge in [0, 0.05) is 31.5 Å². The molecule has 0 aliphatic carbocycles. The summed E-state index contributed by atoms with van der Waals surface area (Å²) in [6.07, 6.45) is 3.39. The van der Waals surface area contributed by atoms with Gasteiger partial charge in [0.1, 0.15) is 11.4 Å². The molecule has 0 fully saturated rings. The van der Waals surface area contributed by atoms with E-state index in [1.165, 1.54) is 0 Å². The van der Waals surface area contributed by atoms with Crippen LogP contribution in [0, 0.1) is 0 Å². The van der Waals surface area contributed by atoms with E-state index < -0.39 is 0 Å². The van der Waals surface area contributed by atoms with Crippen molar-refractivity contribution in [2.45, 2.75) is 6.54 Å². The van der Waals surface area contributed by atoms with Crippen LogP contribution in [0.2, 0.25) is 0 Å². The van der Waals surface area contributed by atoms with Gasteiger partial charge < -0.3 is 9.64 Å². The molecule has 0 aliphatic rings. The fraction of sp³-hybridized carbons (Fsp3) is 0.130. The highest BCUT2D eigenvalue weighted by Crippen LogP contribution is 2.26. The lowest BCUT2D eigenvalue weighted by Gasteiger charge is -2.17. The van der Waals surface area contributed by atoms with Crippen molar-refractivity contribution in [3.8, 4) is 22.7 Å². The molecule has 0 bridgehead atoms. The Bertz CT molecular complexity index is 1130. The van der Waals surface area contributed by atoms with Gasteiger partial charge in [0.15, 0.2) is 5.69 Å². The molecule has 0 N–H and O–H groups in total. The number of carbonyl (C=O) groups is 1. The van der Waals surface area contributed by atoms with Crippen molar-refractivity contribution in [3.05, 3.63) is 90.4 Å². The van der Waals surface area contributed by atoms with Crippen molar-refractivity contribution < 1.29 is 9.53 Å². The minimum Gasteiger partial charge on any atom is -0.497 e. The summed E-state index contributed by atoms with van der Waals surface area (Å²) < 4.78 is 6.89. The first-order valence-electron chi connectivity index (χ1n) is 9.47. The highest BCUT2D eigenvalue weighted by atomic mass is 16.5. The first-order chi connectivity index (χ1) is 14.7. The van der Waals surface area contributed by atoms with Crippen LogP contribution in [0.3, 0.4) is 0 Å². The summed E-state index contributed by atoms with van der Waals surface area (Å²) in [5, 5.41) is 8.52. The van der Waals surface area contributed by atoms with E-state index in [2.05, 4.69) is 15.3 Å². The molecule has 30 heavy (non-hydrogen) atoms. The second-order valence-electron chi connectivity index (χ2n) is 6.78. The highest BCUT2D eigenvalue weighted by molar-refractivity contribution is 5.98. The lowest BCUT2D eigenvalue weighted by Crippen LogP contribution is -2.27. The Morgan fingerprint density at radius 2 is 1.80 bits per heavy atom. The molecule has 0 aliphatic heterocycles. The van der Waals surface area contributed by atoms with E-state index in [-0.39, 0.29) is 11.6 Å². The quantitative estimate of drug-likeness (QED) is 0.495. The standard InChI is InChI=1S/C23H21N5O2/c1-27(16-17-7-4-3-5-8-17)23(29)21-22(18-9-6-14-24-15-18)28(26-25-21)19-10-12-20(30-2)13-11-19/h3-15H,16H2,1-2H3. The molecule has 0 saturated carbocycles. The van der Waals surface area contributed by atoms with E-state index in [0.29, 0.717) is 12.2 Å². The molecule has 0 saturated heterocycles. The molecule has 0 spiro atoms. The van der Waals surface area contributed by atoms with Gasteiger partial charge in [0.2, 0.25) is 0 Å². The maximum Gasteiger partial charge on any atom is 0.276 e. The molecule has 0 atom stereocenters. The molecule has 2 heterocycles. The Hall–Kier alpha value is -4.00. The van der Waals surface area contributed by atoms with Crippen molar-refractivity contribution in [2.24, 2.45) is 0 Å². The van der Waals surface area contributed by atoms with Crippen LogP contribution in [-0.4, -0.2) is 44.9 Å². The summed E-state index contributed by atoms with van der Waals surface area (Å²) in [6.45, 7) is 0.474. The average molecular weight is 399 g/mol. The molecule has 7 heteroatoms. The van der Waals surface area contributed by atoms with E-state index in [9.17, 15) is 4.79 Å². The number of benzene rings is 2. The zero-order chi connectivity index (χ0) is 20.9. The highest BCUT2D eigenvalue weighted by Gasteiger charge is 2.25. The van der Waals surface area contributed by atoms with Crippen LogP contribution in [0.4, 0.5) is 0 Å². The van der Waals surface area contributed by atoms with Gasteiger partial charge >= 0.3 is 0 Å². The normalized spacial score (nSPS) is 10.6. The zero-order valence-electron chi connectivity index (χ0n) is 16.8. The van der Waals surface area contributed by atoms with Gasteiger partial charge in [-0.1, -0.05) is 35.5 Å². The number of nitrogens with zero attached hydrogens (tertiary/aromatic N) is 5. The molecule has 7 nitrogen and oxygen atoms in total. The molecule has 4 rings (SSSR count). The van der Waals surface area contributed by atoms with Gasteiger partial charge in [-0.05, 0) is 42.0 Å². The Balaban J connectivity index is 1.74.